The number of hydrogen-bond acceptors (Lipinski definition) is 4. The first kappa shape index (κ1) is 17.6. The average molecular weight is 366 g/mol. The average Bonchev–Trinajstić information content (AvgIpc) is 3.14. The summed E-state index contributed by atoms with van der Waals surface area (Å²) in [5.74, 6) is -0.529. The molecule has 2 heterocycles. The number of halogens is 1. The molecule has 0 radical (unpaired) electrons. The van der Waals surface area contributed by atoms with Gasteiger partial charge in [-0.05, 0) is 43.0 Å². The number of hydrogen-bond donors (Lipinski definition) is 1. The highest BCUT2D eigenvalue weighted by molar-refractivity contribution is 7.89. The summed E-state index contributed by atoms with van der Waals surface area (Å²) in [5.41, 5.74) is 0.519. The van der Waals surface area contributed by atoms with Gasteiger partial charge in [0.05, 0.1) is 16.7 Å². The molecule has 0 saturated carbocycles. The molecule has 0 atom stereocenters. The Morgan fingerprint density at radius 2 is 2.04 bits per heavy atom. The number of carbonyl (C=O) groups is 1. The van der Waals surface area contributed by atoms with Crippen LogP contribution in [0.1, 0.15) is 23.2 Å². The van der Waals surface area contributed by atoms with Crippen LogP contribution < -0.4 is 4.72 Å². The molecule has 1 saturated heterocycles. The Labute approximate surface area is 145 Å². The molecule has 1 aliphatic rings. The summed E-state index contributed by atoms with van der Waals surface area (Å²) in [4.78, 5) is 13.9. The van der Waals surface area contributed by atoms with Gasteiger partial charge in [-0.25, -0.2) is 17.5 Å². The fraction of sp³-hybridized carbons (Fsp3) is 0.353. The molecule has 2 aromatic rings. The first-order valence-corrected chi connectivity index (χ1v) is 9.51. The zero-order chi connectivity index (χ0) is 17.9. The molecule has 8 heteroatoms. The zero-order valence-electron chi connectivity index (χ0n) is 13.5. The third-order valence-electron chi connectivity index (χ3n) is 4.34. The molecular weight excluding hydrogens is 347 g/mol. The van der Waals surface area contributed by atoms with E-state index in [1.807, 2.05) is 0 Å². The second-order valence-corrected chi connectivity index (χ2v) is 7.82. The molecule has 1 aliphatic heterocycles. The molecule has 0 spiro atoms. The summed E-state index contributed by atoms with van der Waals surface area (Å²) < 4.78 is 45.1. The second kappa shape index (κ2) is 7.37. The number of amides is 1. The van der Waals surface area contributed by atoms with Crippen LogP contribution in [0.25, 0.3) is 0 Å². The van der Waals surface area contributed by atoms with Gasteiger partial charge in [0.2, 0.25) is 10.0 Å². The highest BCUT2D eigenvalue weighted by Gasteiger charge is 2.25. The number of nitrogens with one attached hydrogen (secondary N) is 1. The smallest absolute Gasteiger partial charge is 0.257 e. The van der Waals surface area contributed by atoms with E-state index in [1.165, 1.54) is 30.7 Å². The zero-order valence-corrected chi connectivity index (χ0v) is 14.3. The Kier molecular flexibility index (Phi) is 5.19. The molecular formula is C17H19FN2O4S. The van der Waals surface area contributed by atoms with E-state index in [-0.39, 0.29) is 23.3 Å². The van der Waals surface area contributed by atoms with Crippen molar-refractivity contribution in [3.8, 4) is 0 Å². The standard InChI is InChI=1S/C17H19FN2O4S/c18-15-2-1-3-16(10-15)25(22,23)19-11-13-4-7-20(8-5-13)17(21)14-6-9-24-12-14/h1-3,6,9-10,12-13,19H,4-5,7-8,11H2. The van der Waals surface area contributed by atoms with Crippen molar-refractivity contribution < 1.29 is 22.0 Å². The van der Waals surface area contributed by atoms with Gasteiger partial charge in [-0.1, -0.05) is 6.07 Å². The van der Waals surface area contributed by atoms with Crippen LogP contribution >= 0.6 is 0 Å². The Hall–Kier alpha value is -2.19. The van der Waals surface area contributed by atoms with Crippen LogP contribution in [0.4, 0.5) is 4.39 Å². The summed E-state index contributed by atoms with van der Waals surface area (Å²) in [6, 6.07) is 6.54. The summed E-state index contributed by atoms with van der Waals surface area (Å²) in [7, 11) is -3.73. The number of benzene rings is 1. The monoisotopic (exact) mass is 366 g/mol. The van der Waals surface area contributed by atoms with Crippen LogP contribution in [0.2, 0.25) is 0 Å². The van der Waals surface area contributed by atoms with E-state index in [9.17, 15) is 17.6 Å². The normalized spacial score (nSPS) is 16.1. The van der Waals surface area contributed by atoms with Crippen LogP contribution in [0, 0.1) is 11.7 Å². The van der Waals surface area contributed by atoms with E-state index >= 15 is 0 Å². The lowest BCUT2D eigenvalue weighted by Crippen LogP contribution is -2.41. The van der Waals surface area contributed by atoms with E-state index in [0.29, 0.717) is 31.5 Å². The first-order chi connectivity index (χ1) is 12.0. The maximum atomic E-state index is 13.2. The molecule has 6 nitrogen and oxygen atoms in total. The first-order valence-electron chi connectivity index (χ1n) is 8.02. The van der Waals surface area contributed by atoms with Gasteiger partial charge in [0.25, 0.3) is 5.91 Å². The van der Waals surface area contributed by atoms with Gasteiger partial charge < -0.3 is 9.32 Å². The van der Waals surface area contributed by atoms with Gasteiger partial charge in [0.1, 0.15) is 12.1 Å². The maximum Gasteiger partial charge on any atom is 0.257 e. The van der Waals surface area contributed by atoms with E-state index in [2.05, 4.69) is 4.72 Å². The van der Waals surface area contributed by atoms with E-state index in [4.69, 9.17) is 4.42 Å². The highest BCUT2D eigenvalue weighted by Crippen LogP contribution is 2.19. The Morgan fingerprint density at radius 1 is 1.28 bits per heavy atom. The minimum atomic E-state index is -3.73. The second-order valence-electron chi connectivity index (χ2n) is 6.06. The number of nitrogens with zero attached hydrogens (tertiary/aromatic N) is 1. The van der Waals surface area contributed by atoms with Crippen molar-refractivity contribution in [3.63, 3.8) is 0 Å². The van der Waals surface area contributed by atoms with Gasteiger partial charge in [-0.15, -0.1) is 0 Å². The van der Waals surface area contributed by atoms with Crippen molar-refractivity contribution in [2.45, 2.75) is 17.7 Å². The molecule has 3 rings (SSSR count). The minimum Gasteiger partial charge on any atom is -0.472 e. The van der Waals surface area contributed by atoms with Gasteiger partial charge in [0.15, 0.2) is 0 Å². The predicted molar refractivity (Wildman–Crippen MR) is 88.9 cm³/mol. The largest absolute Gasteiger partial charge is 0.472 e. The fourth-order valence-corrected chi connectivity index (χ4v) is 4.00. The summed E-state index contributed by atoms with van der Waals surface area (Å²) in [6.45, 7) is 1.40. The molecule has 0 bridgehead atoms. The summed E-state index contributed by atoms with van der Waals surface area (Å²) in [6.07, 6.45) is 4.28. The lowest BCUT2D eigenvalue weighted by atomic mass is 9.97. The molecule has 134 valence electrons. The number of piperidine rings is 1. The Bertz CT molecular complexity index is 828. The van der Waals surface area contributed by atoms with E-state index < -0.39 is 15.8 Å². The van der Waals surface area contributed by atoms with Crippen LogP contribution in [0.15, 0.2) is 52.2 Å². The van der Waals surface area contributed by atoms with Gasteiger partial charge >= 0.3 is 0 Å². The molecule has 0 aliphatic carbocycles. The molecule has 1 fully saturated rings. The number of rotatable bonds is 5. The van der Waals surface area contributed by atoms with Crippen LogP contribution in [-0.4, -0.2) is 38.9 Å². The Balaban J connectivity index is 1.52. The topological polar surface area (TPSA) is 79.6 Å². The Morgan fingerprint density at radius 3 is 2.68 bits per heavy atom. The number of furan rings is 1. The van der Waals surface area contributed by atoms with Gasteiger partial charge in [0, 0.05) is 19.6 Å². The van der Waals surface area contributed by atoms with Crippen molar-refractivity contribution in [3.05, 3.63) is 54.2 Å². The van der Waals surface area contributed by atoms with Crippen molar-refractivity contribution >= 4 is 15.9 Å². The molecule has 1 amide bonds. The fourth-order valence-electron chi connectivity index (χ4n) is 2.85. The van der Waals surface area contributed by atoms with Gasteiger partial charge in [-0.2, -0.15) is 0 Å². The summed E-state index contributed by atoms with van der Waals surface area (Å²) in [5, 5.41) is 0. The number of carbonyl (C=O) groups excluding carboxylic acids is 1. The van der Waals surface area contributed by atoms with Crippen LogP contribution in [0.5, 0.6) is 0 Å². The predicted octanol–water partition coefficient (Wildman–Crippen LogP) is 2.25. The molecule has 1 N–H and O–H groups in total. The third kappa shape index (κ3) is 4.26. The molecule has 0 unspecified atom stereocenters. The van der Waals surface area contributed by atoms with Crippen LogP contribution in [0.3, 0.4) is 0 Å². The van der Waals surface area contributed by atoms with Crippen molar-refractivity contribution in [1.29, 1.82) is 0 Å². The number of likely N-dealkylation sites (tertiary alicyclic amines) is 1. The highest BCUT2D eigenvalue weighted by atomic mass is 32.2. The van der Waals surface area contributed by atoms with Gasteiger partial charge in [-0.3, -0.25) is 4.79 Å². The number of sulfonamides is 1. The molecule has 1 aromatic heterocycles. The van der Waals surface area contributed by atoms with E-state index in [0.717, 1.165) is 6.07 Å². The molecule has 1 aromatic carbocycles. The lowest BCUT2D eigenvalue weighted by molar-refractivity contribution is 0.0691. The van der Waals surface area contributed by atoms with Crippen LogP contribution in [-0.2, 0) is 10.0 Å². The van der Waals surface area contributed by atoms with E-state index in [1.54, 1.807) is 11.0 Å². The summed E-state index contributed by atoms with van der Waals surface area (Å²) >= 11 is 0. The maximum absolute atomic E-state index is 13.2. The SMILES string of the molecule is O=C(c1ccoc1)N1CCC(CNS(=O)(=O)c2cccc(F)c2)CC1. The van der Waals surface area contributed by atoms with Crippen molar-refractivity contribution in [2.75, 3.05) is 19.6 Å². The quantitative estimate of drug-likeness (QED) is 0.880. The third-order valence-corrected chi connectivity index (χ3v) is 5.76. The minimum absolute atomic E-state index is 0.0764. The van der Waals surface area contributed by atoms with Crippen molar-refractivity contribution in [2.24, 2.45) is 5.92 Å². The molecule has 25 heavy (non-hydrogen) atoms. The lowest BCUT2D eigenvalue weighted by Gasteiger charge is -2.31. The van der Waals surface area contributed by atoms with Crippen molar-refractivity contribution in [1.82, 2.24) is 9.62 Å².